The minimum atomic E-state index is 0.0148. The van der Waals surface area contributed by atoms with Crippen LogP contribution in [0, 0.1) is 50.2 Å². The summed E-state index contributed by atoms with van der Waals surface area (Å²) in [5.74, 6) is 2.17. The highest BCUT2D eigenvalue weighted by atomic mass is 16.5. The number of fused-ring (bicyclic) bond motifs is 7. The highest BCUT2D eigenvalue weighted by Gasteiger charge is 2.67. The Hall–Kier alpha value is -0.790. The van der Waals surface area contributed by atoms with E-state index in [0.29, 0.717) is 45.3 Å². The van der Waals surface area contributed by atoms with Crippen molar-refractivity contribution in [2.24, 2.45) is 50.2 Å². The van der Waals surface area contributed by atoms with Crippen LogP contribution in [-0.2, 0) is 9.53 Å². The molecule has 48 heavy (non-hydrogen) atoms. The van der Waals surface area contributed by atoms with Crippen LogP contribution in [0.5, 0.6) is 0 Å². The Morgan fingerprint density at radius 3 is 1.90 bits per heavy atom. The van der Waals surface area contributed by atoms with Gasteiger partial charge in [-0.15, -0.1) is 0 Å². The monoisotopic (exact) mass is 665 g/mol. The van der Waals surface area contributed by atoms with Crippen molar-refractivity contribution in [2.45, 2.75) is 223 Å². The fraction of sp³-hybridized carbons (Fsp3) is 0.935. The Bertz CT molecular complexity index is 1120. The number of hydrogen-bond donors (Lipinski definition) is 0. The molecule has 0 spiro atoms. The molecule has 276 valence electrons. The quantitative estimate of drug-likeness (QED) is 0.0989. The average Bonchev–Trinajstić information content (AvgIpc) is 3.03. The molecule has 5 aliphatic carbocycles. The van der Waals surface area contributed by atoms with Crippen LogP contribution in [0.4, 0.5) is 0 Å². The van der Waals surface area contributed by atoms with Crippen LogP contribution in [0.25, 0.3) is 0 Å². The predicted octanol–water partition coefficient (Wildman–Crippen LogP) is 14.2. The number of rotatable bonds is 15. The van der Waals surface area contributed by atoms with E-state index in [1.807, 2.05) is 5.57 Å². The SMILES string of the molecule is CCCCCCCCCCCCCCCC(=O)O[C@H]1CC[C@]2(C)[C@H]3CC[C@@]4(C)[C@@H]5CC(C)(C)CC[C@]5(C)CC[C@]4(C)C3=CC[C@H]2C1(C)C. The summed E-state index contributed by atoms with van der Waals surface area (Å²) >= 11 is 0. The molecule has 0 aromatic carbocycles. The van der Waals surface area contributed by atoms with Gasteiger partial charge in [0.1, 0.15) is 6.10 Å². The van der Waals surface area contributed by atoms with Crippen molar-refractivity contribution < 1.29 is 9.53 Å². The summed E-state index contributed by atoms with van der Waals surface area (Å²) < 4.78 is 6.40. The van der Waals surface area contributed by atoms with Gasteiger partial charge in [-0.3, -0.25) is 4.79 Å². The summed E-state index contributed by atoms with van der Waals surface area (Å²) in [7, 11) is 0. The average molecular weight is 665 g/mol. The van der Waals surface area contributed by atoms with Gasteiger partial charge in [-0.05, 0) is 115 Å². The van der Waals surface area contributed by atoms with Crippen LogP contribution >= 0.6 is 0 Å². The summed E-state index contributed by atoms with van der Waals surface area (Å²) in [6.07, 6.45) is 34.0. The first-order valence-electron chi connectivity index (χ1n) is 21.5. The van der Waals surface area contributed by atoms with Crippen LogP contribution in [0.1, 0.15) is 216 Å². The molecule has 2 heteroatoms. The molecule has 0 aromatic rings. The summed E-state index contributed by atoms with van der Waals surface area (Å²) in [4.78, 5) is 13.2. The molecule has 0 heterocycles. The lowest BCUT2D eigenvalue weighted by Crippen LogP contribution is -2.63. The van der Waals surface area contributed by atoms with E-state index in [-0.39, 0.29) is 17.5 Å². The van der Waals surface area contributed by atoms with Gasteiger partial charge in [-0.1, -0.05) is 151 Å². The second-order valence-electron chi connectivity index (χ2n) is 20.7. The van der Waals surface area contributed by atoms with Crippen molar-refractivity contribution in [3.05, 3.63) is 11.6 Å². The number of carbonyl (C=O) groups is 1. The van der Waals surface area contributed by atoms with Gasteiger partial charge in [0.05, 0.1) is 0 Å². The standard InChI is InChI=1S/C46H80O2/c1-10-11-12-13-14-15-16-17-18-19-20-21-22-23-40(47)48-39-27-28-44(7)35-26-29-46(9)38-34-41(2,3)30-31-43(38,6)32-33-45(46,8)36(35)24-25-37(44)42(39,4)5/h24,35,37-39H,10-23,25-34H2,1-9H3/t35-,37-,38+,39-,43+,44+,45+,46-/m0/s1. The first kappa shape index (κ1) is 38.4. The summed E-state index contributed by atoms with van der Waals surface area (Å²) in [5, 5.41) is 0. The Morgan fingerprint density at radius 1 is 0.688 bits per heavy atom. The van der Waals surface area contributed by atoms with Gasteiger partial charge in [0.15, 0.2) is 0 Å². The van der Waals surface area contributed by atoms with Crippen molar-refractivity contribution in [1.82, 2.24) is 0 Å². The van der Waals surface area contributed by atoms with Gasteiger partial charge in [-0.25, -0.2) is 0 Å². The van der Waals surface area contributed by atoms with E-state index in [1.54, 1.807) is 0 Å². The molecule has 5 aliphatic rings. The van der Waals surface area contributed by atoms with Crippen LogP contribution in [0.15, 0.2) is 11.6 Å². The van der Waals surface area contributed by atoms with Crippen LogP contribution in [-0.4, -0.2) is 12.1 Å². The van der Waals surface area contributed by atoms with Gasteiger partial charge < -0.3 is 4.74 Å². The highest BCUT2D eigenvalue weighted by molar-refractivity contribution is 5.69. The molecule has 4 fully saturated rings. The Morgan fingerprint density at radius 2 is 1.27 bits per heavy atom. The van der Waals surface area contributed by atoms with E-state index >= 15 is 0 Å². The smallest absolute Gasteiger partial charge is 0.306 e. The zero-order valence-corrected chi connectivity index (χ0v) is 33.7. The lowest BCUT2D eigenvalue weighted by Gasteiger charge is -2.71. The summed E-state index contributed by atoms with van der Waals surface area (Å²) in [6.45, 7) is 23.1. The molecule has 0 saturated heterocycles. The van der Waals surface area contributed by atoms with Crippen molar-refractivity contribution in [2.75, 3.05) is 0 Å². The fourth-order valence-corrected chi connectivity index (χ4v) is 13.2. The van der Waals surface area contributed by atoms with Gasteiger partial charge >= 0.3 is 5.97 Å². The molecule has 2 nitrogen and oxygen atoms in total. The van der Waals surface area contributed by atoms with E-state index in [2.05, 4.69) is 68.4 Å². The molecule has 0 unspecified atom stereocenters. The molecule has 5 rings (SSSR count). The molecular weight excluding hydrogens is 585 g/mol. The number of allylic oxidation sites excluding steroid dienone is 2. The number of hydrogen-bond acceptors (Lipinski definition) is 2. The van der Waals surface area contributed by atoms with Crippen molar-refractivity contribution in [3.63, 3.8) is 0 Å². The highest BCUT2D eigenvalue weighted by Crippen LogP contribution is 2.75. The molecule has 0 amide bonds. The maximum atomic E-state index is 13.2. The zero-order valence-electron chi connectivity index (χ0n) is 33.7. The van der Waals surface area contributed by atoms with Crippen molar-refractivity contribution in [1.29, 1.82) is 0 Å². The van der Waals surface area contributed by atoms with Crippen LogP contribution in [0.2, 0.25) is 0 Å². The molecule has 0 aromatic heterocycles. The first-order valence-corrected chi connectivity index (χ1v) is 21.5. The lowest BCUT2D eigenvalue weighted by atomic mass is 9.34. The molecule has 0 aliphatic heterocycles. The Kier molecular flexibility index (Phi) is 12.1. The number of carbonyl (C=O) groups excluding carboxylic acids is 1. The van der Waals surface area contributed by atoms with E-state index in [0.717, 1.165) is 18.8 Å². The third-order valence-corrected chi connectivity index (χ3v) is 16.8. The second-order valence-corrected chi connectivity index (χ2v) is 20.7. The molecule has 0 radical (unpaired) electrons. The lowest BCUT2D eigenvalue weighted by molar-refractivity contribution is -0.189. The molecule has 0 N–H and O–H groups in total. The van der Waals surface area contributed by atoms with E-state index in [1.165, 1.54) is 135 Å². The van der Waals surface area contributed by atoms with E-state index in [4.69, 9.17) is 4.74 Å². The minimum Gasteiger partial charge on any atom is -0.462 e. The third kappa shape index (κ3) is 7.41. The zero-order chi connectivity index (χ0) is 34.8. The Balaban J connectivity index is 1.12. The fourth-order valence-electron chi connectivity index (χ4n) is 13.2. The summed E-state index contributed by atoms with van der Waals surface area (Å²) in [6, 6.07) is 0. The minimum absolute atomic E-state index is 0.0148. The van der Waals surface area contributed by atoms with Crippen molar-refractivity contribution in [3.8, 4) is 0 Å². The third-order valence-electron chi connectivity index (χ3n) is 16.8. The summed E-state index contributed by atoms with van der Waals surface area (Å²) in [5.41, 5.74) is 3.90. The normalized spacial score (nSPS) is 39.7. The number of ether oxygens (including phenoxy) is 1. The van der Waals surface area contributed by atoms with Crippen LogP contribution < -0.4 is 0 Å². The number of esters is 1. The van der Waals surface area contributed by atoms with Gasteiger partial charge in [0.25, 0.3) is 0 Å². The van der Waals surface area contributed by atoms with Gasteiger partial charge in [0.2, 0.25) is 0 Å². The predicted molar refractivity (Wildman–Crippen MR) is 205 cm³/mol. The van der Waals surface area contributed by atoms with E-state index in [9.17, 15) is 4.79 Å². The number of unbranched alkanes of at least 4 members (excludes halogenated alkanes) is 12. The second kappa shape index (κ2) is 15.1. The molecule has 0 bridgehead atoms. The topological polar surface area (TPSA) is 26.3 Å². The molecule has 8 atom stereocenters. The first-order chi connectivity index (χ1) is 22.6. The van der Waals surface area contributed by atoms with Gasteiger partial charge in [0, 0.05) is 11.8 Å². The maximum absolute atomic E-state index is 13.2. The van der Waals surface area contributed by atoms with Gasteiger partial charge in [-0.2, -0.15) is 0 Å². The largest absolute Gasteiger partial charge is 0.462 e. The van der Waals surface area contributed by atoms with Crippen molar-refractivity contribution >= 4 is 5.97 Å². The molecule has 4 saturated carbocycles. The maximum Gasteiger partial charge on any atom is 0.306 e. The van der Waals surface area contributed by atoms with E-state index < -0.39 is 0 Å². The molecular formula is C46H80O2. The Labute approximate surface area is 299 Å². The van der Waals surface area contributed by atoms with Crippen LogP contribution in [0.3, 0.4) is 0 Å².